The number of carbonyl (C=O) groups is 2. The topological polar surface area (TPSA) is 137 Å². The molecule has 4 rings (SSSR count). The molecule has 0 radical (unpaired) electrons. The lowest BCUT2D eigenvalue weighted by molar-refractivity contribution is -0.137. The van der Waals surface area contributed by atoms with Crippen molar-refractivity contribution in [3.05, 3.63) is 54.5 Å². The van der Waals surface area contributed by atoms with Crippen LogP contribution in [0.3, 0.4) is 0 Å². The van der Waals surface area contributed by atoms with Gasteiger partial charge in [-0.15, -0.1) is 0 Å². The van der Waals surface area contributed by atoms with E-state index in [9.17, 15) is 14.7 Å². The van der Waals surface area contributed by atoms with Crippen molar-refractivity contribution in [2.24, 2.45) is 0 Å². The second-order valence-electron chi connectivity index (χ2n) is 9.31. The van der Waals surface area contributed by atoms with E-state index in [0.717, 1.165) is 18.4 Å². The molecule has 12 heteroatoms. The van der Waals surface area contributed by atoms with Crippen molar-refractivity contribution in [1.29, 1.82) is 0 Å². The maximum atomic E-state index is 12.4. The Hall–Kier alpha value is -4.48. The summed E-state index contributed by atoms with van der Waals surface area (Å²) in [6.45, 7) is 9.29. The molecule has 40 heavy (non-hydrogen) atoms. The monoisotopic (exact) mass is 548 g/mol. The van der Waals surface area contributed by atoms with E-state index >= 15 is 0 Å². The van der Waals surface area contributed by atoms with E-state index in [2.05, 4.69) is 20.3 Å². The fourth-order valence-corrected chi connectivity index (χ4v) is 4.54. The van der Waals surface area contributed by atoms with Crippen LogP contribution in [0.5, 0.6) is 5.75 Å². The summed E-state index contributed by atoms with van der Waals surface area (Å²) in [5.74, 6) is 0.712. The molecule has 0 unspecified atom stereocenters. The summed E-state index contributed by atoms with van der Waals surface area (Å²) in [5, 5.41) is 13.3. The third-order valence-electron chi connectivity index (χ3n) is 6.75. The number of likely N-dealkylation sites (tertiary alicyclic amines) is 1. The number of nitrogens with zero attached hydrogens (tertiary/aromatic N) is 7. The zero-order valence-corrected chi connectivity index (χ0v) is 23.2. The number of carbonyl (C=O) groups excluding carboxylic acids is 1. The van der Waals surface area contributed by atoms with Crippen LogP contribution in [-0.2, 0) is 11.2 Å². The minimum atomic E-state index is -1.03. The van der Waals surface area contributed by atoms with E-state index in [4.69, 9.17) is 9.72 Å². The minimum Gasteiger partial charge on any atom is -0.480 e. The van der Waals surface area contributed by atoms with E-state index < -0.39 is 12.0 Å². The van der Waals surface area contributed by atoms with Gasteiger partial charge in [-0.3, -0.25) is 0 Å². The van der Waals surface area contributed by atoms with Crippen LogP contribution in [0.2, 0.25) is 0 Å². The van der Waals surface area contributed by atoms with E-state index in [1.807, 2.05) is 30.6 Å². The van der Waals surface area contributed by atoms with Gasteiger partial charge in [-0.25, -0.2) is 24.5 Å². The molecule has 1 saturated heterocycles. The molecule has 3 heterocycles. The van der Waals surface area contributed by atoms with Gasteiger partial charge in [0.25, 0.3) is 0 Å². The molecule has 1 atom stereocenters. The highest BCUT2D eigenvalue weighted by molar-refractivity contribution is 5.81. The largest absolute Gasteiger partial charge is 0.480 e. The molecule has 0 spiro atoms. The summed E-state index contributed by atoms with van der Waals surface area (Å²) in [5.41, 5.74) is 1.33. The summed E-state index contributed by atoms with van der Waals surface area (Å²) in [7, 11) is 0. The van der Waals surface area contributed by atoms with Crippen molar-refractivity contribution < 1.29 is 19.4 Å². The van der Waals surface area contributed by atoms with Crippen molar-refractivity contribution in [2.45, 2.75) is 46.1 Å². The number of aliphatic carboxylic acids is 1. The minimum absolute atomic E-state index is 0.174. The van der Waals surface area contributed by atoms with Crippen molar-refractivity contribution in [1.82, 2.24) is 24.8 Å². The van der Waals surface area contributed by atoms with Crippen molar-refractivity contribution >= 4 is 35.5 Å². The van der Waals surface area contributed by atoms with E-state index in [-0.39, 0.29) is 12.5 Å². The standard InChI is InChI=1S/C28H36N8O4/c1-4-34(5-2)27-31-19-23(36(6-3)26-29-14-9-15-30-26)24(33-27)32-22(25(37)38)18-20-10-12-21(13-11-20)40-28(39)35-16-7-8-17-35/h9-15,19,22H,4-8,16-18H2,1-3H3,(H,37,38)(H,31,32,33)/t22-/m0/s1. The lowest BCUT2D eigenvalue weighted by atomic mass is 10.1. The molecule has 2 N–H and O–H groups in total. The van der Waals surface area contributed by atoms with Gasteiger partial charge in [-0.1, -0.05) is 12.1 Å². The Bertz CT molecular complexity index is 1270. The van der Waals surface area contributed by atoms with E-state index in [1.165, 1.54) is 0 Å². The fourth-order valence-electron chi connectivity index (χ4n) is 4.54. The number of carboxylic acids is 1. The van der Waals surface area contributed by atoms with Crippen LogP contribution in [0.1, 0.15) is 39.2 Å². The lowest BCUT2D eigenvalue weighted by Crippen LogP contribution is -2.34. The summed E-state index contributed by atoms with van der Waals surface area (Å²) in [4.78, 5) is 48.2. The highest BCUT2D eigenvalue weighted by Crippen LogP contribution is 2.30. The third kappa shape index (κ3) is 6.93. The maximum absolute atomic E-state index is 12.4. The summed E-state index contributed by atoms with van der Waals surface area (Å²) in [6, 6.07) is 7.64. The Morgan fingerprint density at radius 2 is 1.68 bits per heavy atom. The summed E-state index contributed by atoms with van der Waals surface area (Å²) < 4.78 is 5.47. The first-order valence-corrected chi connectivity index (χ1v) is 13.6. The number of carboxylic acid groups (broad SMARTS) is 1. The molecule has 1 fully saturated rings. The molecule has 0 saturated carbocycles. The quantitative estimate of drug-likeness (QED) is 0.340. The zero-order valence-electron chi connectivity index (χ0n) is 23.2. The Kier molecular flexibility index (Phi) is 9.66. The van der Waals surface area contributed by atoms with Crippen molar-refractivity contribution in [3.63, 3.8) is 0 Å². The number of aromatic nitrogens is 4. The Balaban J connectivity index is 1.57. The summed E-state index contributed by atoms with van der Waals surface area (Å²) in [6.07, 6.45) is 6.75. The number of nitrogens with one attached hydrogen (secondary N) is 1. The SMILES string of the molecule is CCN(CC)c1ncc(N(CC)c2ncccn2)c(N[C@@H](Cc2ccc(OC(=O)N3CCCC3)cc2)C(=O)O)n1. The van der Waals surface area contributed by atoms with Gasteiger partial charge in [0, 0.05) is 51.5 Å². The van der Waals surface area contributed by atoms with Crippen molar-refractivity contribution in [3.8, 4) is 5.75 Å². The van der Waals surface area contributed by atoms with Gasteiger partial charge >= 0.3 is 12.1 Å². The predicted octanol–water partition coefficient (Wildman–Crippen LogP) is 3.97. The highest BCUT2D eigenvalue weighted by Gasteiger charge is 2.25. The third-order valence-corrected chi connectivity index (χ3v) is 6.75. The molecule has 2 aromatic heterocycles. The van der Waals surface area contributed by atoms with Gasteiger partial charge < -0.3 is 29.9 Å². The van der Waals surface area contributed by atoms with Gasteiger partial charge in [-0.05, 0) is 57.4 Å². The fraction of sp³-hybridized carbons (Fsp3) is 0.429. The average Bonchev–Trinajstić information content (AvgIpc) is 3.52. The van der Waals surface area contributed by atoms with Crippen LogP contribution < -0.4 is 19.9 Å². The van der Waals surface area contributed by atoms with Crippen LogP contribution in [0.15, 0.2) is 48.9 Å². The van der Waals surface area contributed by atoms with Crippen molar-refractivity contribution in [2.75, 3.05) is 47.8 Å². The van der Waals surface area contributed by atoms with Gasteiger partial charge in [0.2, 0.25) is 11.9 Å². The number of benzene rings is 1. The first-order chi connectivity index (χ1) is 19.4. The van der Waals surface area contributed by atoms with Crippen LogP contribution in [0, 0.1) is 0 Å². The highest BCUT2D eigenvalue weighted by atomic mass is 16.6. The number of ether oxygens (including phenoxy) is 1. The van der Waals surface area contributed by atoms with Crippen LogP contribution in [0.4, 0.5) is 28.2 Å². The van der Waals surface area contributed by atoms with Gasteiger partial charge in [-0.2, -0.15) is 4.98 Å². The molecule has 12 nitrogen and oxygen atoms in total. The second-order valence-corrected chi connectivity index (χ2v) is 9.31. The molecule has 3 aromatic rings. The molecule has 0 bridgehead atoms. The number of anilines is 4. The van der Waals surface area contributed by atoms with Crippen LogP contribution >= 0.6 is 0 Å². The van der Waals surface area contributed by atoms with Gasteiger partial charge in [0.05, 0.1) is 6.20 Å². The van der Waals surface area contributed by atoms with Crippen LogP contribution in [0.25, 0.3) is 0 Å². The van der Waals surface area contributed by atoms with Crippen LogP contribution in [-0.4, -0.2) is 80.8 Å². The molecule has 1 aliphatic rings. The predicted molar refractivity (Wildman–Crippen MR) is 152 cm³/mol. The maximum Gasteiger partial charge on any atom is 0.415 e. The molecular formula is C28H36N8O4. The molecule has 212 valence electrons. The number of amides is 1. The first kappa shape index (κ1) is 28.5. The molecule has 1 amide bonds. The second kappa shape index (κ2) is 13.5. The summed E-state index contributed by atoms with van der Waals surface area (Å²) >= 11 is 0. The van der Waals surface area contributed by atoms with Gasteiger partial charge in [0.15, 0.2) is 5.82 Å². The molecular weight excluding hydrogens is 512 g/mol. The first-order valence-electron chi connectivity index (χ1n) is 13.6. The number of hydrogen-bond donors (Lipinski definition) is 2. The molecule has 1 aromatic carbocycles. The molecule has 1 aliphatic heterocycles. The number of rotatable bonds is 12. The zero-order chi connectivity index (χ0) is 28.5. The normalized spacial score (nSPS) is 13.5. The van der Waals surface area contributed by atoms with Gasteiger partial charge in [0.1, 0.15) is 17.5 Å². The Morgan fingerprint density at radius 1 is 1.00 bits per heavy atom. The average molecular weight is 549 g/mol. The van der Waals surface area contributed by atoms with E-state index in [0.29, 0.717) is 61.9 Å². The number of hydrogen-bond acceptors (Lipinski definition) is 10. The Morgan fingerprint density at radius 3 is 2.27 bits per heavy atom. The molecule has 0 aliphatic carbocycles. The smallest absolute Gasteiger partial charge is 0.415 e. The lowest BCUT2D eigenvalue weighted by Gasteiger charge is -2.26. The van der Waals surface area contributed by atoms with E-state index in [1.54, 1.807) is 53.8 Å². The Labute approximate surface area is 234 Å².